The van der Waals surface area contributed by atoms with E-state index in [9.17, 15) is 19.5 Å². The monoisotopic (exact) mass is 478 g/mol. The lowest BCUT2D eigenvalue weighted by molar-refractivity contribution is -0.142. The van der Waals surface area contributed by atoms with E-state index in [4.69, 9.17) is 4.74 Å². The van der Waals surface area contributed by atoms with Crippen LogP contribution in [0.1, 0.15) is 62.5 Å². The fraction of sp³-hybridized carbons (Fsp3) is 0.464. The Kier molecular flexibility index (Phi) is 8.06. The molecule has 2 aromatic carbocycles. The molecule has 3 atom stereocenters. The highest BCUT2D eigenvalue weighted by molar-refractivity contribution is 5.80. The lowest BCUT2D eigenvalue weighted by Gasteiger charge is -2.29. The van der Waals surface area contributed by atoms with Gasteiger partial charge in [-0.2, -0.15) is 0 Å². The van der Waals surface area contributed by atoms with Gasteiger partial charge in [0.1, 0.15) is 6.61 Å². The number of carbonyl (C=O) groups excluding carboxylic acids is 2. The van der Waals surface area contributed by atoms with E-state index in [1.54, 1.807) is 0 Å². The average molecular weight is 479 g/mol. The number of aliphatic carboxylic acids is 1. The number of rotatable bonds is 9. The molecule has 186 valence electrons. The van der Waals surface area contributed by atoms with E-state index in [1.807, 2.05) is 31.2 Å². The van der Waals surface area contributed by atoms with Crippen molar-refractivity contribution < 1.29 is 24.2 Å². The number of hydrogen-bond donors (Lipinski definition) is 3. The lowest BCUT2D eigenvalue weighted by atomic mass is 9.85. The molecule has 4 rings (SSSR count). The minimum absolute atomic E-state index is 0.00309. The summed E-state index contributed by atoms with van der Waals surface area (Å²) in [6, 6.07) is 16.3. The summed E-state index contributed by atoms with van der Waals surface area (Å²) in [5.41, 5.74) is 4.70. The number of amides is 2. The van der Waals surface area contributed by atoms with Gasteiger partial charge in [-0.05, 0) is 47.9 Å². The predicted molar refractivity (Wildman–Crippen MR) is 133 cm³/mol. The molecule has 0 saturated heterocycles. The zero-order chi connectivity index (χ0) is 24.8. The second-order valence-corrected chi connectivity index (χ2v) is 9.60. The summed E-state index contributed by atoms with van der Waals surface area (Å²) < 4.78 is 5.65. The first-order chi connectivity index (χ1) is 17.0. The van der Waals surface area contributed by atoms with Crippen LogP contribution in [0.15, 0.2) is 48.5 Å². The highest BCUT2D eigenvalue weighted by Gasteiger charge is 2.31. The maximum atomic E-state index is 12.6. The Labute approximate surface area is 206 Å². The number of alkyl carbamates (subject to hydrolysis) is 1. The number of benzene rings is 2. The number of nitrogens with one attached hydrogen (secondary N) is 2. The smallest absolute Gasteiger partial charge is 0.407 e. The zero-order valence-electron chi connectivity index (χ0n) is 20.2. The fourth-order valence-electron chi connectivity index (χ4n) is 5.40. The quantitative estimate of drug-likeness (QED) is 0.485. The second-order valence-electron chi connectivity index (χ2n) is 9.60. The standard InChI is InChI=1S/C28H34N2O5/c1-2-8-19(27(32)33)16-29-26(31)18-9-7-10-20(15-18)30-28(34)35-17-25-23-13-5-3-11-21(23)22-12-4-6-14-24(22)25/h3-6,11-14,18-20,25H,2,7-10,15-17H2,1H3,(H,29,31)(H,30,34)(H,32,33). The maximum absolute atomic E-state index is 12.6. The molecule has 2 aliphatic carbocycles. The van der Waals surface area contributed by atoms with Crippen LogP contribution >= 0.6 is 0 Å². The summed E-state index contributed by atoms with van der Waals surface area (Å²) in [6.07, 6.45) is 3.70. The molecule has 2 aromatic rings. The third-order valence-electron chi connectivity index (χ3n) is 7.22. The fourth-order valence-corrected chi connectivity index (χ4v) is 5.40. The molecule has 7 nitrogen and oxygen atoms in total. The normalized spacial score (nSPS) is 19.8. The van der Waals surface area contributed by atoms with Gasteiger partial charge in [0, 0.05) is 24.4 Å². The highest BCUT2D eigenvalue weighted by atomic mass is 16.5. The van der Waals surface area contributed by atoms with Crippen molar-refractivity contribution in [3.05, 3.63) is 59.7 Å². The van der Waals surface area contributed by atoms with Crippen LogP contribution in [0.4, 0.5) is 4.79 Å². The van der Waals surface area contributed by atoms with Gasteiger partial charge in [0.15, 0.2) is 0 Å². The number of hydrogen-bond acceptors (Lipinski definition) is 4. The van der Waals surface area contributed by atoms with Crippen molar-refractivity contribution >= 4 is 18.0 Å². The third-order valence-corrected chi connectivity index (χ3v) is 7.22. The average Bonchev–Trinajstić information content (AvgIpc) is 3.19. The molecule has 0 spiro atoms. The molecule has 1 fully saturated rings. The Balaban J connectivity index is 1.28. The van der Waals surface area contributed by atoms with Gasteiger partial charge in [0.2, 0.25) is 5.91 Å². The molecule has 0 aromatic heterocycles. The first kappa shape index (κ1) is 24.8. The molecular weight excluding hydrogens is 444 g/mol. The van der Waals surface area contributed by atoms with Gasteiger partial charge in [-0.3, -0.25) is 9.59 Å². The third kappa shape index (κ3) is 5.84. The zero-order valence-corrected chi connectivity index (χ0v) is 20.2. The first-order valence-electron chi connectivity index (χ1n) is 12.6. The Morgan fingerprint density at radius 1 is 1.03 bits per heavy atom. The van der Waals surface area contributed by atoms with Crippen molar-refractivity contribution in [3.63, 3.8) is 0 Å². The molecule has 3 N–H and O–H groups in total. The lowest BCUT2D eigenvalue weighted by Crippen LogP contribution is -2.44. The summed E-state index contributed by atoms with van der Waals surface area (Å²) in [7, 11) is 0. The number of carbonyl (C=O) groups is 3. The van der Waals surface area contributed by atoms with Crippen LogP contribution in [0, 0.1) is 11.8 Å². The van der Waals surface area contributed by atoms with Crippen molar-refractivity contribution in [3.8, 4) is 11.1 Å². The minimum Gasteiger partial charge on any atom is -0.481 e. The Morgan fingerprint density at radius 3 is 2.31 bits per heavy atom. The van der Waals surface area contributed by atoms with E-state index >= 15 is 0 Å². The largest absolute Gasteiger partial charge is 0.481 e. The molecule has 1 saturated carbocycles. The van der Waals surface area contributed by atoms with Crippen LogP contribution in [0.25, 0.3) is 11.1 Å². The molecule has 0 bridgehead atoms. The van der Waals surface area contributed by atoms with E-state index in [0.717, 1.165) is 25.7 Å². The topological polar surface area (TPSA) is 105 Å². The van der Waals surface area contributed by atoms with Crippen LogP contribution in [0.3, 0.4) is 0 Å². The van der Waals surface area contributed by atoms with E-state index < -0.39 is 18.0 Å². The van der Waals surface area contributed by atoms with Gasteiger partial charge in [-0.1, -0.05) is 68.3 Å². The molecule has 0 aliphatic heterocycles. The van der Waals surface area contributed by atoms with Crippen molar-refractivity contribution in [2.24, 2.45) is 11.8 Å². The van der Waals surface area contributed by atoms with Gasteiger partial charge in [-0.25, -0.2) is 4.79 Å². The summed E-state index contributed by atoms with van der Waals surface area (Å²) in [4.78, 5) is 36.6. The molecule has 35 heavy (non-hydrogen) atoms. The number of carboxylic acids is 1. The molecule has 2 aliphatic rings. The Morgan fingerprint density at radius 2 is 1.69 bits per heavy atom. The van der Waals surface area contributed by atoms with Crippen LogP contribution < -0.4 is 10.6 Å². The minimum atomic E-state index is -0.884. The van der Waals surface area contributed by atoms with E-state index in [2.05, 4.69) is 34.9 Å². The second kappa shape index (κ2) is 11.4. The highest BCUT2D eigenvalue weighted by Crippen LogP contribution is 2.44. The molecule has 0 radical (unpaired) electrons. The van der Waals surface area contributed by atoms with Crippen molar-refractivity contribution in [1.82, 2.24) is 10.6 Å². The predicted octanol–water partition coefficient (Wildman–Crippen LogP) is 4.70. The summed E-state index contributed by atoms with van der Waals surface area (Å²) in [6.45, 7) is 2.33. The summed E-state index contributed by atoms with van der Waals surface area (Å²) in [5.74, 6) is -1.82. The molecular formula is C28H34N2O5. The summed E-state index contributed by atoms with van der Waals surface area (Å²) in [5, 5.41) is 15.0. The van der Waals surface area contributed by atoms with Gasteiger partial charge in [0.05, 0.1) is 5.92 Å². The van der Waals surface area contributed by atoms with E-state index in [-0.39, 0.29) is 36.9 Å². The van der Waals surface area contributed by atoms with Gasteiger partial charge < -0.3 is 20.5 Å². The first-order valence-corrected chi connectivity index (χ1v) is 12.6. The van der Waals surface area contributed by atoms with Gasteiger partial charge in [0.25, 0.3) is 0 Å². The van der Waals surface area contributed by atoms with Gasteiger partial charge in [-0.15, -0.1) is 0 Å². The van der Waals surface area contributed by atoms with E-state index in [0.29, 0.717) is 12.8 Å². The molecule has 0 heterocycles. The van der Waals surface area contributed by atoms with Gasteiger partial charge >= 0.3 is 12.1 Å². The molecule has 2 amide bonds. The number of fused-ring (bicyclic) bond motifs is 3. The van der Waals surface area contributed by atoms with Crippen molar-refractivity contribution in [2.45, 2.75) is 57.4 Å². The Bertz CT molecular complexity index is 1020. The SMILES string of the molecule is CCCC(CNC(=O)C1CCCC(NC(=O)OCC2c3ccccc3-c3ccccc32)C1)C(=O)O. The molecule has 7 heteroatoms. The molecule has 3 unspecified atom stereocenters. The van der Waals surface area contributed by atoms with Crippen molar-refractivity contribution in [1.29, 1.82) is 0 Å². The van der Waals surface area contributed by atoms with Crippen molar-refractivity contribution in [2.75, 3.05) is 13.2 Å². The van der Waals surface area contributed by atoms with Crippen LogP contribution in [-0.2, 0) is 14.3 Å². The van der Waals surface area contributed by atoms with Crippen LogP contribution in [-0.4, -0.2) is 42.3 Å². The van der Waals surface area contributed by atoms with E-state index in [1.165, 1.54) is 22.3 Å². The van der Waals surface area contributed by atoms with Crippen LogP contribution in [0.2, 0.25) is 0 Å². The number of ether oxygens (including phenoxy) is 1. The Hall–Kier alpha value is -3.35. The van der Waals surface area contributed by atoms with Crippen LogP contribution in [0.5, 0.6) is 0 Å². The summed E-state index contributed by atoms with van der Waals surface area (Å²) >= 11 is 0. The maximum Gasteiger partial charge on any atom is 0.407 e. The number of carboxylic acid groups (broad SMARTS) is 1.